The van der Waals surface area contributed by atoms with Gasteiger partial charge in [-0.3, -0.25) is 0 Å². The fraction of sp³-hybridized carbons (Fsp3) is 0.478. The fourth-order valence-electron chi connectivity index (χ4n) is 5.18. The van der Waals surface area contributed by atoms with Gasteiger partial charge in [-0.05, 0) is 55.8 Å². The highest BCUT2D eigenvalue weighted by molar-refractivity contribution is 5.58. The molecule has 0 radical (unpaired) electrons. The zero-order chi connectivity index (χ0) is 19.8. The van der Waals surface area contributed by atoms with Gasteiger partial charge < -0.3 is 19.6 Å². The Labute approximate surface area is 173 Å². The lowest BCUT2D eigenvalue weighted by Crippen LogP contribution is -2.46. The highest BCUT2D eigenvalue weighted by Crippen LogP contribution is 2.35. The third-order valence-corrected chi connectivity index (χ3v) is 6.76. The number of pyridine rings is 1. The highest BCUT2D eigenvalue weighted by Gasteiger charge is 2.39. The summed E-state index contributed by atoms with van der Waals surface area (Å²) in [7, 11) is 2.24. The summed E-state index contributed by atoms with van der Waals surface area (Å²) in [5, 5.41) is 8.93. The average Bonchev–Trinajstić information content (AvgIpc) is 3.33. The van der Waals surface area contributed by atoms with Gasteiger partial charge in [0.05, 0.1) is 5.56 Å². The van der Waals surface area contributed by atoms with Gasteiger partial charge in [-0.2, -0.15) is 5.26 Å². The summed E-state index contributed by atoms with van der Waals surface area (Å²) in [5.41, 5.74) is 3.29. The summed E-state index contributed by atoms with van der Waals surface area (Å²) in [5.74, 6) is 1.80. The van der Waals surface area contributed by atoms with Crippen LogP contribution in [0.3, 0.4) is 0 Å². The fourth-order valence-corrected chi connectivity index (χ4v) is 5.18. The van der Waals surface area contributed by atoms with Crippen molar-refractivity contribution in [2.24, 2.45) is 5.92 Å². The van der Waals surface area contributed by atoms with E-state index in [1.54, 1.807) is 6.20 Å². The number of likely N-dealkylation sites (N-methyl/N-ethyl adjacent to an activating group) is 1. The third-order valence-electron chi connectivity index (χ3n) is 6.76. The lowest BCUT2D eigenvalue weighted by molar-refractivity contribution is 0.386. The molecule has 0 bridgehead atoms. The Morgan fingerprint density at radius 1 is 0.897 bits per heavy atom. The number of hydrogen-bond donors (Lipinski definition) is 0. The van der Waals surface area contributed by atoms with E-state index >= 15 is 0 Å². The smallest absolute Gasteiger partial charge is 0.128 e. The molecule has 0 saturated carbocycles. The lowest BCUT2D eigenvalue weighted by atomic mass is 10.0. The van der Waals surface area contributed by atoms with Gasteiger partial charge in [-0.1, -0.05) is 0 Å². The normalized spacial score (nSPS) is 24.6. The van der Waals surface area contributed by atoms with Gasteiger partial charge in [0, 0.05) is 69.4 Å². The van der Waals surface area contributed by atoms with Crippen LogP contribution >= 0.6 is 0 Å². The molecule has 2 aromatic rings. The van der Waals surface area contributed by atoms with Crippen molar-refractivity contribution in [2.75, 3.05) is 67.6 Å². The number of nitriles is 1. The van der Waals surface area contributed by atoms with Crippen LogP contribution in [0.4, 0.5) is 17.2 Å². The van der Waals surface area contributed by atoms with Gasteiger partial charge in [-0.25, -0.2) is 4.98 Å². The van der Waals surface area contributed by atoms with Crippen LogP contribution in [0.5, 0.6) is 0 Å². The van der Waals surface area contributed by atoms with Crippen LogP contribution < -0.4 is 14.7 Å². The minimum absolute atomic E-state index is 0.612. The zero-order valence-electron chi connectivity index (χ0n) is 17.0. The zero-order valence-corrected chi connectivity index (χ0v) is 17.0. The number of benzene rings is 1. The molecule has 0 unspecified atom stereocenters. The van der Waals surface area contributed by atoms with E-state index < -0.39 is 0 Å². The van der Waals surface area contributed by atoms with E-state index in [0.29, 0.717) is 11.6 Å². The Morgan fingerprint density at radius 3 is 2.31 bits per heavy atom. The Balaban J connectivity index is 1.21. The molecule has 150 valence electrons. The minimum Gasteiger partial charge on any atom is -0.368 e. The Hall–Kier alpha value is -2.78. The first-order valence-electron chi connectivity index (χ1n) is 10.6. The van der Waals surface area contributed by atoms with Crippen LogP contribution in [0, 0.1) is 17.2 Å². The number of nitrogens with zero attached hydrogens (tertiary/aromatic N) is 6. The molecule has 6 nitrogen and oxygen atoms in total. The molecule has 3 saturated heterocycles. The van der Waals surface area contributed by atoms with Crippen molar-refractivity contribution < 1.29 is 0 Å². The number of piperazine rings is 1. The molecule has 2 atom stereocenters. The topological polar surface area (TPSA) is 49.6 Å². The van der Waals surface area contributed by atoms with Crippen molar-refractivity contribution in [3.63, 3.8) is 0 Å². The number of anilines is 3. The van der Waals surface area contributed by atoms with Crippen LogP contribution in [0.2, 0.25) is 0 Å². The number of rotatable bonds is 3. The predicted octanol–water partition coefficient (Wildman–Crippen LogP) is 2.42. The molecule has 29 heavy (non-hydrogen) atoms. The van der Waals surface area contributed by atoms with Crippen molar-refractivity contribution in [2.45, 2.75) is 12.5 Å². The van der Waals surface area contributed by atoms with Gasteiger partial charge in [-0.15, -0.1) is 0 Å². The van der Waals surface area contributed by atoms with Crippen molar-refractivity contribution in [1.82, 2.24) is 9.88 Å². The molecule has 0 aliphatic carbocycles. The Morgan fingerprint density at radius 2 is 1.62 bits per heavy atom. The highest BCUT2D eigenvalue weighted by atomic mass is 15.3. The van der Waals surface area contributed by atoms with Gasteiger partial charge in [0.2, 0.25) is 0 Å². The van der Waals surface area contributed by atoms with Crippen molar-refractivity contribution in [3.05, 3.63) is 48.2 Å². The molecule has 0 spiro atoms. The molecule has 1 aromatic heterocycles. The SMILES string of the molecule is CN1C[C@H]2CCN(c3ccc(N4CCN(c5ccc(C#N)cn5)CC4)cc3)[C@H]2C1. The van der Waals surface area contributed by atoms with Gasteiger partial charge in [0.15, 0.2) is 0 Å². The number of hydrogen-bond acceptors (Lipinski definition) is 6. The molecule has 1 aromatic carbocycles. The molecular formula is C23H28N6. The second-order valence-electron chi connectivity index (χ2n) is 8.54. The van der Waals surface area contributed by atoms with Crippen LogP contribution in [-0.4, -0.2) is 68.8 Å². The van der Waals surface area contributed by atoms with E-state index in [2.05, 4.69) is 62.0 Å². The van der Waals surface area contributed by atoms with Gasteiger partial charge >= 0.3 is 0 Å². The summed E-state index contributed by atoms with van der Waals surface area (Å²) in [4.78, 5) is 14.3. The minimum atomic E-state index is 0.612. The van der Waals surface area contributed by atoms with Crippen LogP contribution in [0.15, 0.2) is 42.6 Å². The number of fused-ring (bicyclic) bond motifs is 1. The van der Waals surface area contributed by atoms with Crippen LogP contribution in [-0.2, 0) is 0 Å². The quantitative estimate of drug-likeness (QED) is 0.805. The largest absolute Gasteiger partial charge is 0.368 e. The van der Waals surface area contributed by atoms with Crippen molar-refractivity contribution in [3.8, 4) is 6.07 Å². The molecular weight excluding hydrogens is 360 g/mol. The molecule has 0 amide bonds. The Bertz CT molecular complexity index is 879. The molecule has 4 heterocycles. The van der Waals surface area contributed by atoms with Gasteiger partial charge in [0.25, 0.3) is 0 Å². The molecule has 3 fully saturated rings. The summed E-state index contributed by atoms with van der Waals surface area (Å²) >= 11 is 0. The van der Waals surface area contributed by atoms with E-state index in [0.717, 1.165) is 37.9 Å². The van der Waals surface area contributed by atoms with Crippen molar-refractivity contribution >= 4 is 17.2 Å². The van der Waals surface area contributed by atoms with E-state index in [4.69, 9.17) is 5.26 Å². The molecule has 3 aliphatic rings. The maximum Gasteiger partial charge on any atom is 0.128 e. The summed E-state index contributed by atoms with van der Waals surface area (Å²) in [6.07, 6.45) is 2.98. The lowest BCUT2D eigenvalue weighted by Gasteiger charge is -2.37. The monoisotopic (exact) mass is 388 g/mol. The standard InChI is InChI=1S/C23H28N6/c1-26-16-19-8-9-29(22(19)17-26)21-5-3-20(4-6-21)27-10-12-28(13-11-27)23-7-2-18(14-24)15-25-23/h2-7,15,19,22H,8-13,16-17H2,1H3/t19-,22+/m1/s1. The van der Waals surface area contributed by atoms with E-state index in [9.17, 15) is 0 Å². The number of aromatic nitrogens is 1. The Kier molecular flexibility index (Phi) is 4.76. The second-order valence-corrected chi connectivity index (χ2v) is 8.54. The first kappa shape index (κ1) is 18.3. The predicted molar refractivity (Wildman–Crippen MR) is 117 cm³/mol. The second kappa shape index (κ2) is 7.57. The van der Waals surface area contributed by atoms with Gasteiger partial charge in [0.1, 0.15) is 11.9 Å². The summed E-state index contributed by atoms with van der Waals surface area (Å²) in [6, 6.07) is 15.8. The van der Waals surface area contributed by atoms with E-state index in [1.165, 1.54) is 37.4 Å². The number of likely N-dealkylation sites (tertiary alicyclic amines) is 1. The van der Waals surface area contributed by atoms with E-state index in [-0.39, 0.29) is 0 Å². The molecule has 6 heteroatoms. The van der Waals surface area contributed by atoms with Crippen molar-refractivity contribution in [1.29, 1.82) is 5.26 Å². The molecule has 3 aliphatic heterocycles. The molecule has 0 N–H and O–H groups in total. The summed E-state index contributed by atoms with van der Waals surface area (Å²) < 4.78 is 0. The molecule has 5 rings (SSSR count). The van der Waals surface area contributed by atoms with Crippen LogP contribution in [0.1, 0.15) is 12.0 Å². The van der Waals surface area contributed by atoms with E-state index in [1.807, 2.05) is 12.1 Å². The van der Waals surface area contributed by atoms with Crippen LogP contribution in [0.25, 0.3) is 0 Å². The first-order valence-corrected chi connectivity index (χ1v) is 10.6. The maximum absolute atomic E-state index is 8.93. The third kappa shape index (κ3) is 3.51. The first-order chi connectivity index (χ1) is 14.2. The summed E-state index contributed by atoms with van der Waals surface area (Å²) in [6.45, 7) is 7.50. The maximum atomic E-state index is 8.93. The average molecular weight is 389 g/mol.